The minimum Gasteiger partial charge on any atom is -0.492 e. The van der Waals surface area contributed by atoms with Gasteiger partial charge < -0.3 is 15.2 Å². The molecule has 0 spiro atoms. The van der Waals surface area contributed by atoms with Crippen LogP contribution in [0.2, 0.25) is 0 Å². The van der Waals surface area contributed by atoms with E-state index in [1.165, 1.54) is 6.07 Å². The van der Waals surface area contributed by atoms with Crippen molar-refractivity contribution in [3.05, 3.63) is 57.7 Å². The molecule has 2 aromatic carbocycles. The number of hydrogen-bond donors (Lipinski definition) is 2. The Kier molecular flexibility index (Phi) is 5.23. The largest absolute Gasteiger partial charge is 0.492 e. The van der Waals surface area contributed by atoms with Crippen molar-refractivity contribution in [2.75, 3.05) is 18.5 Å². The summed E-state index contributed by atoms with van der Waals surface area (Å²) in [4.78, 5) is 10.8. The Labute approximate surface area is 130 Å². The Balaban J connectivity index is 1.83. The predicted octanol–water partition coefficient (Wildman–Crippen LogP) is 3.48. The van der Waals surface area contributed by atoms with E-state index in [1.54, 1.807) is 18.2 Å². The van der Waals surface area contributed by atoms with Crippen LogP contribution >= 0.6 is 22.6 Å². The predicted molar refractivity (Wildman–Crippen MR) is 86.5 cm³/mol. The van der Waals surface area contributed by atoms with Crippen molar-refractivity contribution in [1.29, 1.82) is 0 Å². The SMILES string of the molecule is O=C(O)c1cccc(OCCNc2ccccc2I)c1. The molecule has 0 aliphatic rings. The lowest BCUT2D eigenvalue weighted by atomic mass is 10.2. The summed E-state index contributed by atoms with van der Waals surface area (Å²) in [5.74, 6) is -0.387. The van der Waals surface area contributed by atoms with Crippen molar-refractivity contribution in [2.24, 2.45) is 0 Å². The summed E-state index contributed by atoms with van der Waals surface area (Å²) in [5, 5.41) is 12.2. The molecule has 0 amide bonds. The van der Waals surface area contributed by atoms with Crippen LogP contribution in [0.15, 0.2) is 48.5 Å². The van der Waals surface area contributed by atoms with E-state index in [0.717, 1.165) is 9.26 Å². The molecule has 2 N–H and O–H groups in total. The van der Waals surface area contributed by atoms with Crippen LogP contribution in [0.5, 0.6) is 5.75 Å². The second kappa shape index (κ2) is 7.14. The number of ether oxygens (including phenoxy) is 1. The van der Waals surface area contributed by atoms with Gasteiger partial charge in [0.15, 0.2) is 0 Å². The Morgan fingerprint density at radius 3 is 2.75 bits per heavy atom. The monoisotopic (exact) mass is 383 g/mol. The van der Waals surface area contributed by atoms with Crippen molar-refractivity contribution in [2.45, 2.75) is 0 Å². The summed E-state index contributed by atoms with van der Waals surface area (Å²) in [6.07, 6.45) is 0. The fourth-order valence-corrected chi connectivity index (χ4v) is 2.26. The number of hydrogen-bond acceptors (Lipinski definition) is 3. The van der Waals surface area contributed by atoms with Gasteiger partial charge >= 0.3 is 5.97 Å². The zero-order chi connectivity index (χ0) is 14.4. The third kappa shape index (κ3) is 4.12. The highest BCUT2D eigenvalue weighted by molar-refractivity contribution is 14.1. The Morgan fingerprint density at radius 2 is 2.00 bits per heavy atom. The van der Waals surface area contributed by atoms with Crippen molar-refractivity contribution in [3.63, 3.8) is 0 Å². The van der Waals surface area contributed by atoms with Crippen molar-refractivity contribution < 1.29 is 14.6 Å². The van der Waals surface area contributed by atoms with Crippen molar-refractivity contribution in [1.82, 2.24) is 0 Å². The van der Waals surface area contributed by atoms with Crippen molar-refractivity contribution in [3.8, 4) is 5.75 Å². The number of carboxylic acid groups (broad SMARTS) is 1. The third-order valence-electron chi connectivity index (χ3n) is 2.64. The Bertz CT molecular complexity index is 601. The molecule has 0 fully saturated rings. The topological polar surface area (TPSA) is 58.6 Å². The molecule has 0 aromatic heterocycles. The van der Waals surface area contributed by atoms with E-state index < -0.39 is 5.97 Å². The van der Waals surface area contributed by atoms with Crippen LogP contribution in [-0.2, 0) is 0 Å². The average Bonchev–Trinajstić information content (AvgIpc) is 2.45. The number of halogens is 1. The van der Waals surface area contributed by atoms with E-state index in [9.17, 15) is 4.79 Å². The Hall–Kier alpha value is -1.76. The molecule has 5 heteroatoms. The molecular weight excluding hydrogens is 369 g/mol. The minimum atomic E-state index is -0.951. The highest BCUT2D eigenvalue weighted by atomic mass is 127. The standard InChI is InChI=1S/C15H14INO3/c16-13-6-1-2-7-14(13)17-8-9-20-12-5-3-4-11(10-12)15(18)19/h1-7,10,17H,8-9H2,(H,18,19). The van der Waals surface area contributed by atoms with Gasteiger partial charge in [0.1, 0.15) is 12.4 Å². The molecule has 0 unspecified atom stereocenters. The third-order valence-corrected chi connectivity index (χ3v) is 3.58. The summed E-state index contributed by atoms with van der Waals surface area (Å²) in [6.45, 7) is 1.12. The molecule has 0 atom stereocenters. The molecular formula is C15H14INO3. The molecule has 0 heterocycles. The van der Waals surface area contributed by atoms with Gasteiger partial charge in [-0.1, -0.05) is 18.2 Å². The molecule has 0 saturated heterocycles. The number of benzene rings is 2. The summed E-state index contributed by atoms with van der Waals surface area (Å²) >= 11 is 2.27. The normalized spacial score (nSPS) is 10.1. The van der Waals surface area contributed by atoms with E-state index in [1.807, 2.05) is 24.3 Å². The summed E-state index contributed by atoms with van der Waals surface area (Å²) in [6, 6.07) is 14.5. The summed E-state index contributed by atoms with van der Waals surface area (Å²) < 4.78 is 6.68. The molecule has 2 aromatic rings. The summed E-state index contributed by atoms with van der Waals surface area (Å²) in [7, 11) is 0. The smallest absolute Gasteiger partial charge is 0.335 e. The molecule has 0 bridgehead atoms. The molecule has 4 nitrogen and oxygen atoms in total. The second-order valence-electron chi connectivity index (χ2n) is 4.09. The first-order valence-electron chi connectivity index (χ1n) is 6.11. The van der Waals surface area contributed by atoms with Crippen LogP contribution < -0.4 is 10.1 Å². The maximum Gasteiger partial charge on any atom is 0.335 e. The molecule has 104 valence electrons. The van der Waals surface area contributed by atoms with Gasteiger partial charge in [0.05, 0.1) is 5.56 Å². The fraction of sp³-hybridized carbons (Fsp3) is 0.133. The molecule has 0 aliphatic carbocycles. The first kappa shape index (κ1) is 14.6. The van der Waals surface area contributed by atoms with Crippen LogP contribution in [-0.4, -0.2) is 24.2 Å². The number of nitrogens with one attached hydrogen (secondary N) is 1. The zero-order valence-electron chi connectivity index (χ0n) is 10.7. The van der Waals surface area contributed by atoms with E-state index in [4.69, 9.17) is 9.84 Å². The van der Waals surface area contributed by atoms with Gasteiger partial charge in [-0.2, -0.15) is 0 Å². The van der Waals surface area contributed by atoms with Gasteiger partial charge in [-0.25, -0.2) is 4.79 Å². The minimum absolute atomic E-state index is 0.230. The lowest BCUT2D eigenvalue weighted by Gasteiger charge is -2.10. The van der Waals surface area contributed by atoms with Crippen LogP contribution in [0.1, 0.15) is 10.4 Å². The van der Waals surface area contributed by atoms with Crippen LogP contribution in [0.4, 0.5) is 5.69 Å². The number of para-hydroxylation sites is 1. The molecule has 0 aliphatic heterocycles. The highest BCUT2D eigenvalue weighted by Gasteiger charge is 2.03. The van der Waals surface area contributed by atoms with E-state index in [2.05, 4.69) is 27.9 Å². The zero-order valence-corrected chi connectivity index (χ0v) is 12.8. The van der Waals surface area contributed by atoms with Crippen LogP contribution in [0, 0.1) is 3.57 Å². The summed E-state index contributed by atoms with van der Waals surface area (Å²) in [5.41, 5.74) is 1.30. The van der Waals surface area contributed by atoms with Crippen LogP contribution in [0.3, 0.4) is 0 Å². The van der Waals surface area contributed by atoms with E-state index in [0.29, 0.717) is 18.9 Å². The number of carboxylic acids is 1. The Morgan fingerprint density at radius 1 is 1.20 bits per heavy atom. The molecule has 0 saturated carbocycles. The number of aromatic carboxylic acids is 1. The molecule has 20 heavy (non-hydrogen) atoms. The lowest BCUT2D eigenvalue weighted by Crippen LogP contribution is -2.12. The van der Waals surface area contributed by atoms with E-state index >= 15 is 0 Å². The van der Waals surface area contributed by atoms with Gasteiger partial charge in [-0.05, 0) is 52.9 Å². The van der Waals surface area contributed by atoms with Crippen molar-refractivity contribution >= 4 is 34.2 Å². The fourth-order valence-electron chi connectivity index (χ4n) is 1.68. The number of carbonyl (C=O) groups is 1. The van der Waals surface area contributed by atoms with Gasteiger partial charge in [0.25, 0.3) is 0 Å². The van der Waals surface area contributed by atoms with Gasteiger partial charge in [0.2, 0.25) is 0 Å². The maximum atomic E-state index is 10.8. The second-order valence-corrected chi connectivity index (χ2v) is 5.25. The van der Waals surface area contributed by atoms with Gasteiger partial charge in [-0.15, -0.1) is 0 Å². The first-order valence-corrected chi connectivity index (χ1v) is 7.19. The van der Waals surface area contributed by atoms with E-state index in [-0.39, 0.29) is 5.56 Å². The molecule has 2 rings (SSSR count). The number of rotatable bonds is 6. The highest BCUT2D eigenvalue weighted by Crippen LogP contribution is 2.17. The first-order chi connectivity index (χ1) is 9.66. The average molecular weight is 383 g/mol. The van der Waals surface area contributed by atoms with Crippen LogP contribution in [0.25, 0.3) is 0 Å². The van der Waals surface area contributed by atoms with Gasteiger partial charge in [0, 0.05) is 15.8 Å². The quantitative estimate of drug-likeness (QED) is 0.593. The lowest BCUT2D eigenvalue weighted by molar-refractivity contribution is 0.0696. The maximum absolute atomic E-state index is 10.8. The number of anilines is 1. The van der Waals surface area contributed by atoms with Gasteiger partial charge in [-0.3, -0.25) is 0 Å². The molecule has 0 radical (unpaired) electrons.